The van der Waals surface area contributed by atoms with Gasteiger partial charge in [0.2, 0.25) is 10.0 Å². The lowest BCUT2D eigenvalue weighted by Gasteiger charge is -2.26. The lowest BCUT2D eigenvalue weighted by Crippen LogP contribution is -2.41. The van der Waals surface area contributed by atoms with Gasteiger partial charge in [-0.1, -0.05) is 41.4 Å². The molecule has 1 heterocycles. The van der Waals surface area contributed by atoms with E-state index >= 15 is 0 Å². The van der Waals surface area contributed by atoms with E-state index in [-0.39, 0.29) is 11.7 Å². The molecule has 1 aliphatic rings. The van der Waals surface area contributed by atoms with Crippen LogP contribution in [0, 0.1) is 0 Å². The predicted molar refractivity (Wildman–Crippen MR) is 126 cm³/mol. The standard InChI is InChI=1S/C21H24Cl2N2O4S2/c22-19-2-1-3-20(23)18(19)14-30-13-8-24-21(26)17-6-4-16(5-7-17)15-31(27,28)25-9-11-29-12-10-25/h1-7H,8-15H2,(H,24,26). The van der Waals surface area contributed by atoms with Crippen LogP contribution in [0.3, 0.4) is 0 Å². The molecule has 2 aromatic carbocycles. The minimum Gasteiger partial charge on any atom is -0.379 e. The Morgan fingerprint density at radius 3 is 2.35 bits per heavy atom. The number of halogens is 2. The topological polar surface area (TPSA) is 75.7 Å². The summed E-state index contributed by atoms with van der Waals surface area (Å²) in [6.07, 6.45) is 0. The van der Waals surface area contributed by atoms with E-state index in [0.29, 0.717) is 65.5 Å². The summed E-state index contributed by atoms with van der Waals surface area (Å²) in [6, 6.07) is 12.1. The minimum absolute atomic E-state index is 0.0872. The van der Waals surface area contributed by atoms with Crippen LogP contribution in [-0.4, -0.2) is 57.2 Å². The van der Waals surface area contributed by atoms with E-state index in [1.54, 1.807) is 48.2 Å². The van der Waals surface area contributed by atoms with Crippen LogP contribution in [-0.2, 0) is 26.3 Å². The first-order chi connectivity index (χ1) is 14.9. The smallest absolute Gasteiger partial charge is 0.251 e. The maximum Gasteiger partial charge on any atom is 0.251 e. The highest BCUT2D eigenvalue weighted by Crippen LogP contribution is 2.28. The number of rotatable bonds is 9. The quantitative estimate of drug-likeness (QED) is 0.527. The number of carbonyl (C=O) groups excluding carboxylic acids is 1. The number of sulfonamides is 1. The molecular formula is C21H24Cl2N2O4S2. The maximum atomic E-state index is 12.5. The van der Waals surface area contributed by atoms with Crippen LogP contribution in [0.5, 0.6) is 0 Å². The van der Waals surface area contributed by atoms with Crippen LogP contribution in [0.1, 0.15) is 21.5 Å². The number of amides is 1. The molecule has 1 saturated heterocycles. The second-order valence-corrected chi connectivity index (χ2v) is 10.9. The summed E-state index contributed by atoms with van der Waals surface area (Å²) >= 11 is 13.9. The van der Waals surface area contributed by atoms with E-state index in [0.717, 1.165) is 5.56 Å². The largest absolute Gasteiger partial charge is 0.379 e. The molecule has 0 saturated carbocycles. The molecule has 0 aliphatic carbocycles. The Bertz CT molecular complexity index is 975. The molecule has 0 spiro atoms. The molecular weight excluding hydrogens is 479 g/mol. The zero-order valence-corrected chi connectivity index (χ0v) is 20.0. The monoisotopic (exact) mass is 502 g/mol. The fourth-order valence-electron chi connectivity index (χ4n) is 3.06. The summed E-state index contributed by atoms with van der Waals surface area (Å²) in [5.41, 5.74) is 2.03. The average Bonchev–Trinajstić information content (AvgIpc) is 2.76. The number of thioether (sulfide) groups is 1. The highest BCUT2D eigenvalue weighted by atomic mass is 35.5. The van der Waals surface area contributed by atoms with Crippen molar-refractivity contribution in [2.24, 2.45) is 0 Å². The number of nitrogens with zero attached hydrogens (tertiary/aromatic N) is 1. The number of morpholine rings is 1. The third-order valence-electron chi connectivity index (χ3n) is 4.77. The molecule has 31 heavy (non-hydrogen) atoms. The molecule has 0 radical (unpaired) electrons. The Hall–Kier alpha value is -1.29. The van der Waals surface area contributed by atoms with Gasteiger partial charge in [-0.15, -0.1) is 0 Å². The Labute approximate surface area is 197 Å². The van der Waals surface area contributed by atoms with Gasteiger partial charge in [-0.3, -0.25) is 4.79 Å². The maximum absolute atomic E-state index is 12.5. The molecule has 1 fully saturated rings. The molecule has 0 aromatic heterocycles. The fourth-order valence-corrected chi connectivity index (χ4v) is 6.16. The van der Waals surface area contributed by atoms with Gasteiger partial charge in [-0.25, -0.2) is 8.42 Å². The number of carbonyl (C=O) groups is 1. The summed E-state index contributed by atoms with van der Waals surface area (Å²) in [4.78, 5) is 12.3. The van der Waals surface area contributed by atoms with Gasteiger partial charge in [0.15, 0.2) is 0 Å². The van der Waals surface area contributed by atoms with Crippen LogP contribution in [0.25, 0.3) is 0 Å². The van der Waals surface area contributed by atoms with Crippen molar-refractivity contribution in [3.8, 4) is 0 Å². The summed E-state index contributed by atoms with van der Waals surface area (Å²) in [5, 5.41) is 4.15. The van der Waals surface area contributed by atoms with E-state index in [1.807, 2.05) is 6.07 Å². The van der Waals surface area contributed by atoms with E-state index in [2.05, 4.69) is 5.32 Å². The Kier molecular flexibility index (Phi) is 9.06. The molecule has 0 bridgehead atoms. The summed E-state index contributed by atoms with van der Waals surface area (Å²) in [7, 11) is -3.39. The van der Waals surface area contributed by atoms with Gasteiger partial charge in [-0.05, 0) is 35.4 Å². The third-order valence-corrected chi connectivity index (χ3v) is 8.31. The summed E-state index contributed by atoms with van der Waals surface area (Å²) in [5.74, 6) is 1.10. The molecule has 1 N–H and O–H groups in total. The number of benzene rings is 2. The Balaban J connectivity index is 1.43. The van der Waals surface area contributed by atoms with Crippen LogP contribution in [0.4, 0.5) is 0 Å². The molecule has 168 valence electrons. The van der Waals surface area contributed by atoms with Crippen molar-refractivity contribution < 1.29 is 17.9 Å². The first-order valence-electron chi connectivity index (χ1n) is 9.80. The van der Waals surface area contributed by atoms with Crippen molar-refractivity contribution in [3.63, 3.8) is 0 Å². The Morgan fingerprint density at radius 1 is 1.06 bits per heavy atom. The van der Waals surface area contributed by atoms with Gasteiger partial charge in [0.05, 0.1) is 19.0 Å². The van der Waals surface area contributed by atoms with Gasteiger partial charge in [0, 0.05) is 46.7 Å². The summed E-state index contributed by atoms with van der Waals surface area (Å²) in [6.45, 7) is 2.09. The summed E-state index contributed by atoms with van der Waals surface area (Å²) < 4.78 is 31.6. The van der Waals surface area contributed by atoms with Gasteiger partial charge in [0.1, 0.15) is 0 Å². The van der Waals surface area contributed by atoms with Gasteiger partial charge < -0.3 is 10.1 Å². The normalized spacial score (nSPS) is 15.0. The minimum atomic E-state index is -3.39. The van der Waals surface area contributed by atoms with Gasteiger partial charge in [0.25, 0.3) is 5.91 Å². The predicted octanol–water partition coefficient (Wildman–Crippen LogP) is 3.82. The van der Waals surface area contributed by atoms with Crippen LogP contribution in [0.15, 0.2) is 42.5 Å². The van der Waals surface area contributed by atoms with Crippen molar-refractivity contribution in [1.29, 1.82) is 0 Å². The van der Waals surface area contributed by atoms with E-state index in [1.165, 1.54) is 4.31 Å². The Morgan fingerprint density at radius 2 is 1.71 bits per heavy atom. The van der Waals surface area contributed by atoms with Crippen LogP contribution in [0.2, 0.25) is 10.0 Å². The van der Waals surface area contributed by atoms with Crippen molar-refractivity contribution in [2.45, 2.75) is 11.5 Å². The molecule has 1 aliphatic heterocycles. The lowest BCUT2D eigenvalue weighted by molar-refractivity contribution is 0.0729. The molecule has 0 atom stereocenters. The molecule has 0 unspecified atom stereocenters. The van der Waals surface area contributed by atoms with E-state index < -0.39 is 10.0 Å². The molecule has 6 nitrogen and oxygen atoms in total. The van der Waals surface area contributed by atoms with E-state index in [9.17, 15) is 13.2 Å². The second-order valence-electron chi connectivity index (χ2n) is 6.97. The molecule has 3 rings (SSSR count). The number of ether oxygens (including phenoxy) is 1. The number of nitrogens with one attached hydrogen (secondary N) is 1. The van der Waals surface area contributed by atoms with Crippen molar-refractivity contribution in [3.05, 3.63) is 69.2 Å². The van der Waals surface area contributed by atoms with Crippen molar-refractivity contribution >= 4 is 50.9 Å². The van der Waals surface area contributed by atoms with Crippen molar-refractivity contribution in [2.75, 3.05) is 38.6 Å². The van der Waals surface area contributed by atoms with Crippen LogP contribution < -0.4 is 5.32 Å². The molecule has 10 heteroatoms. The molecule has 1 amide bonds. The highest BCUT2D eigenvalue weighted by molar-refractivity contribution is 7.98. The number of hydrogen-bond acceptors (Lipinski definition) is 5. The van der Waals surface area contributed by atoms with Crippen molar-refractivity contribution in [1.82, 2.24) is 9.62 Å². The SMILES string of the molecule is O=C(NCCSCc1c(Cl)cccc1Cl)c1ccc(CS(=O)(=O)N2CCOCC2)cc1. The first-order valence-corrected chi connectivity index (χ1v) is 13.3. The zero-order valence-electron chi connectivity index (χ0n) is 16.9. The highest BCUT2D eigenvalue weighted by Gasteiger charge is 2.24. The lowest BCUT2D eigenvalue weighted by atomic mass is 10.1. The zero-order chi connectivity index (χ0) is 22.3. The fraction of sp³-hybridized carbons (Fsp3) is 0.381. The third kappa shape index (κ3) is 7.10. The van der Waals surface area contributed by atoms with Gasteiger partial charge >= 0.3 is 0 Å². The number of hydrogen-bond donors (Lipinski definition) is 1. The van der Waals surface area contributed by atoms with Crippen LogP contribution >= 0.6 is 35.0 Å². The second kappa shape index (κ2) is 11.5. The molecule has 2 aromatic rings. The first kappa shape index (κ1) is 24.4. The van der Waals surface area contributed by atoms with Gasteiger partial charge in [-0.2, -0.15) is 16.1 Å². The van der Waals surface area contributed by atoms with E-state index in [4.69, 9.17) is 27.9 Å². The average molecular weight is 503 g/mol.